The summed E-state index contributed by atoms with van der Waals surface area (Å²) in [6.07, 6.45) is 7.74. The van der Waals surface area contributed by atoms with Crippen molar-refractivity contribution < 1.29 is 14.5 Å². The van der Waals surface area contributed by atoms with Crippen LogP contribution in [0.25, 0.3) is 0 Å². The third-order valence-corrected chi connectivity index (χ3v) is 6.59. The van der Waals surface area contributed by atoms with E-state index in [9.17, 15) is 9.59 Å². The van der Waals surface area contributed by atoms with Crippen LogP contribution < -0.4 is 15.5 Å². The maximum Gasteiger partial charge on any atom is 0.278 e. The molecule has 5 aliphatic rings. The second kappa shape index (κ2) is 5.22. The van der Waals surface area contributed by atoms with Gasteiger partial charge in [0.25, 0.3) is 11.8 Å². The number of carbonyl (C=O) groups is 2. The average Bonchev–Trinajstić information content (AvgIpc) is 2.44. The average molecular weight is 306 g/mol. The van der Waals surface area contributed by atoms with Gasteiger partial charge in [-0.25, -0.2) is 0 Å². The molecule has 0 spiro atoms. The molecule has 2 amide bonds. The molecule has 5 nitrogen and oxygen atoms in total. The van der Waals surface area contributed by atoms with Crippen LogP contribution >= 0.6 is 0 Å². The van der Waals surface area contributed by atoms with Gasteiger partial charge in [0.15, 0.2) is 12.6 Å². The highest BCUT2D eigenvalue weighted by molar-refractivity contribution is 5.82. The molecule has 1 aliphatic heterocycles. The minimum absolute atomic E-state index is 0.0655. The van der Waals surface area contributed by atoms with Gasteiger partial charge in [0.1, 0.15) is 0 Å². The van der Waals surface area contributed by atoms with E-state index in [1.54, 1.807) is 0 Å². The fourth-order valence-corrected chi connectivity index (χ4v) is 5.91. The summed E-state index contributed by atoms with van der Waals surface area (Å²) in [5.74, 6) is 2.75. The van der Waals surface area contributed by atoms with E-state index in [-0.39, 0.29) is 23.4 Å². The van der Waals surface area contributed by atoms with Crippen LogP contribution in [-0.4, -0.2) is 43.0 Å². The zero-order valence-corrected chi connectivity index (χ0v) is 13.5. The number of carbonyl (C=O) groups excluding carboxylic acids is 2. The van der Waals surface area contributed by atoms with Crippen molar-refractivity contribution in [3.8, 4) is 0 Å². The van der Waals surface area contributed by atoms with Crippen molar-refractivity contribution in [2.24, 2.45) is 17.8 Å². The van der Waals surface area contributed by atoms with E-state index in [1.807, 2.05) is 6.92 Å². The van der Waals surface area contributed by atoms with E-state index in [1.165, 1.54) is 38.5 Å². The molecule has 3 N–H and O–H groups in total. The van der Waals surface area contributed by atoms with Gasteiger partial charge in [0, 0.05) is 5.54 Å². The van der Waals surface area contributed by atoms with E-state index in [4.69, 9.17) is 0 Å². The molecule has 4 saturated carbocycles. The first kappa shape index (κ1) is 14.5. The molecule has 0 aromatic carbocycles. The first-order chi connectivity index (χ1) is 10.5. The third-order valence-electron chi connectivity index (χ3n) is 6.59. The van der Waals surface area contributed by atoms with Crippen molar-refractivity contribution in [3.05, 3.63) is 0 Å². The smallest absolute Gasteiger partial charge is 0.278 e. The maximum atomic E-state index is 12.8. The Balaban J connectivity index is 1.42. The van der Waals surface area contributed by atoms with E-state index in [0.29, 0.717) is 13.1 Å². The molecule has 1 heterocycles. The summed E-state index contributed by atoms with van der Waals surface area (Å²) in [5.41, 5.74) is 0.0809. The largest absolute Gasteiger partial charge is 0.346 e. The van der Waals surface area contributed by atoms with Crippen molar-refractivity contribution >= 4 is 11.8 Å². The molecule has 0 aromatic heterocycles. The molecule has 4 bridgehead atoms. The minimum atomic E-state index is -0.126. The van der Waals surface area contributed by atoms with Gasteiger partial charge in [-0.05, 0) is 63.2 Å². The van der Waals surface area contributed by atoms with Gasteiger partial charge < -0.3 is 15.5 Å². The number of nitrogens with one attached hydrogen (secondary N) is 3. The lowest BCUT2D eigenvalue weighted by Crippen LogP contribution is -3.19. The Kier molecular flexibility index (Phi) is 3.44. The zero-order chi connectivity index (χ0) is 15.3. The van der Waals surface area contributed by atoms with Crippen LogP contribution in [0.1, 0.15) is 45.4 Å². The number of quaternary nitrogens is 1. The van der Waals surface area contributed by atoms with E-state index >= 15 is 0 Å². The molecule has 5 rings (SSSR count). The van der Waals surface area contributed by atoms with Crippen molar-refractivity contribution in [2.45, 2.75) is 57.0 Å². The molecule has 1 saturated heterocycles. The topological polar surface area (TPSA) is 62.6 Å². The summed E-state index contributed by atoms with van der Waals surface area (Å²) in [4.78, 5) is 25.4. The van der Waals surface area contributed by atoms with Gasteiger partial charge in [0.2, 0.25) is 0 Å². The summed E-state index contributed by atoms with van der Waals surface area (Å²) < 4.78 is 0. The van der Waals surface area contributed by atoms with Crippen LogP contribution in [0.2, 0.25) is 0 Å². The highest BCUT2D eigenvalue weighted by Gasteiger charge is 2.52. The summed E-state index contributed by atoms with van der Waals surface area (Å²) in [5, 5.41) is 6.29. The molecule has 4 aliphatic carbocycles. The summed E-state index contributed by atoms with van der Waals surface area (Å²) in [6, 6.07) is -0.126. The monoisotopic (exact) mass is 306 g/mol. The number of piperazine rings is 1. The predicted molar refractivity (Wildman–Crippen MR) is 82.2 cm³/mol. The standard InChI is InChI=1S/C17H27N3O2/c1-11(20-3-2-18-15(21)10-20)16(22)19-17-7-12-4-13(8-17)6-14(5-12)9-17/h11-14H,2-10H2,1H3,(H,18,21)(H,19,22)/p+1/t11-,12?,13?,14?,17?/m1/s1. The fraction of sp³-hybridized carbons (Fsp3) is 0.882. The maximum absolute atomic E-state index is 12.8. The highest BCUT2D eigenvalue weighted by atomic mass is 16.2. The molecule has 1 unspecified atom stereocenters. The SMILES string of the molecule is C[C@H](C(=O)NC12CC3CC(CC(C3)C1)C2)[NH+]1CCNC(=O)C1. The molecular weight excluding hydrogens is 278 g/mol. The Bertz CT molecular complexity index is 455. The lowest BCUT2D eigenvalue weighted by Gasteiger charge is -2.57. The third kappa shape index (κ3) is 2.53. The Hall–Kier alpha value is -1.10. The van der Waals surface area contributed by atoms with Gasteiger partial charge in [-0.2, -0.15) is 0 Å². The van der Waals surface area contributed by atoms with Gasteiger partial charge in [-0.15, -0.1) is 0 Å². The number of hydrogen-bond donors (Lipinski definition) is 3. The number of amides is 2. The zero-order valence-electron chi connectivity index (χ0n) is 13.5. The second-order valence-corrected chi connectivity index (χ2v) is 8.34. The normalized spacial score (nSPS) is 44.5. The Labute approximate surface area is 132 Å². The first-order valence-corrected chi connectivity index (χ1v) is 8.96. The van der Waals surface area contributed by atoms with E-state index < -0.39 is 0 Å². The molecule has 2 atom stereocenters. The van der Waals surface area contributed by atoms with Gasteiger partial charge in [-0.3, -0.25) is 9.59 Å². The molecule has 122 valence electrons. The fourth-order valence-electron chi connectivity index (χ4n) is 5.91. The van der Waals surface area contributed by atoms with Gasteiger partial charge >= 0.3 is 0 Å². The summed E-state index contributed by atoms with van der Waals surface area (Å²) >= 11 is 0. The Morgan fingerprint density at radius 2 is 1.82 bits per heavy atom. The number of rotatable bonds is 3. The minimum Gasteiger partial charge on any atom is -0.346 e. The van der Waals surface area contributed by atoms with Crippen LogP contribution in [0.5, 0.6) is 0 Å². The molecule has 5 fully saturated rings. The molecular formula is C17H28N3O2+. The molecule has 0 aromatic rings. The van der Waals surface area contributed by atoms with Crippen LogP contribution in [0.4, 0.5) is 0 Å². The quantitative estimate of drug-likeness (QED) is 0.657. The molecule has 5 heteroatoms. The van der Waals surface area contributed by atoms with E-state index in [0.717, 1.165) is 29.2 Å². The van der Waals surface area contributed by atoms with Crippen LogP contribution in [-0.2, 0) is 9.59 Å². The van der Waals surface area contributed by atoms with Crippen LogP contribution in [0, 0.1) is 17.8 Å². The van der Waals surface area contributed by atoms with Gasteiger partial charge in [-0.1, -0.05) is 0 Å². The Morgan fingerprint density at radius 1 is 1.23 bits per heavy atom. The van der Waals surface area contributed by atoms with Gasteiger partial charge in [0.05, 0.1) is 13.1 Å². The number of hydrogen-bond acceptors (Lipinski definition) is 2. The van der Waals surface area contributed by atoms with Crippen LogP contribution in [0.3, 0.4) is 0 Å². The van der Waals surface area contributed by atoms with E-state index in [2.05, 4.69) is 10.6 Å². The highest BCUT2D eigenvalue weighted by Crippen LogP contribution is 2.55. The van der Waals surface area contributed by atoms with Crippen molar-refractivity contribution in [3.63, 3.8) is 0 Å². The van der Waals surface area contributed by atoms with Crippen molar-refractivity contribution in [1.82, 2.24) is 10.6 Å². The summed E-state index contributed by atoms with van der Waals surface area (Å²) in [6.45, 7) is 3.93. The molecule has 0 radical (unpaired) electrons. The second-order valence-electron chi connectivity index (χ2n) is 8.34. The van der Waals surface area contributed by atoms with Crippen molar-refractivity contribution in [2.75, 3.05) is 19.6 Å². The van der Waals surface area contributed by atoms with Crippen LogP contribution in [0.15, 0.2) is 0 Å². The summed E-state index contributed by atoms with van der Waals surface area (Å²) in [7, 11) is 0. The first-order valence-electron chi connectivity index (χ1n) is 8.96. The lowest BCUT2D eigenvalue weighted by molar-refractivity contribution is -0.907. The Morgan fingerprint density at radius 3 is 2.36 bits per heavy atom. The van der Waals surface area contributed by atoms with Crippen molar-refractivity contribution in [1.29, 1.82) is 0 Å². The predicted octanol–water partition coefficient (Wildman–Crippen LogP) is -0.525. The lowest BCUT2D eigenvalue weighted by atomic mass is 9.53. The molecule has 22 heavy (non-hydrogen) atoms.